The van der Waals surface area contributed by atoms with Crippen molar-refractivity contribution in [2.24, 2.45) is 0 Å². The Morgan fingerprint density at radius 1 is 1.00 bits per heavy atom. The van der Waals surface area contributed by atoms with Gasteiger partial charge in [-0.2, -0.15) is 0 Å². The Morgan fingerprint density at radius 3 is 2.41 bits per heavy atom. The van der Waals surface area contributed by atoms with E-state index < -0.39 is 0 Å². The molecule has 1 amide bonds. The minimum absolute atomic E-state index is 0.120. The number of hydrogen-bond donors (Lipinski definition) is 0. The van der Waals surface area contributed by atoms with Crippen molar-refractivity contribution in [1.29, 1.82) is 0 Å². The molecule has 29 heavy (non-hydrogen) atoms. The second kappa shape index (κ2) is 8.05. The number of hydrogen-bond acceptors (Lipinski definition) is 4. The Hall–Kier alpha value is -3.18. The molecule has 2 aromatic carbocycles. The maximum absolute atomic E-state index is 13.3. The fraction of sp³-hybridized carbons (Fsp3) is 0.250. The van der Waals surface area contributed by atoms with Gasteiger partial charge in [-0.3, -0.25) is 9.59 Å². The van der Waals surface area contributed by atoms with Gasteiger partial charge in [0, 0.05) is 36.2 Å². The number of nitrogens with zero attached hydrogens (tertiary/aromatic N) is 2. The summed E-state index contributed by atoms with van der Waals surface area (Å²) >= 11 is 0. The van der Waals surface area contributed by atoms with E-state index in [-0.39, 0.29) is 11.7 Å². The summed E-state index contributed by atoms with van der Waals surface area (Å²) < 4.78 is 5.94. The van der Waals surface area contributed by atoms with Gasteiger partial charge >= 0.3 is 0 Å². The average molecular weight is 388 g/mol. The van der Waals surface area contributed by atoms with Crippen LogP contribution in [0, 0.1) is 0 Å². The zero-order valence-corrected chi connectivity index (χ0v) is 16.7. The number of fused-ring (bicyclic) bond motifs is 1. The molecule has 0 fully saturated rings. The van der Waals surface area contributed by atoms with Gasteiger partial charge in [-0.05, 0) is 26.2 Å². The molecular formula is C24H24N2O3. The molecule has 0 saturated heterocycles. The van der Waals surface area contributed by atoms with Gasteiger partial charge in [-0.15, -0.1) is 0 Å². The zero-order chi connectivity index (χ0) is 20.4. The normalized spacial score (nSPS) is 13.4. The minimum atomic E-state index is -0.135. The molecule has 1 aromatic heterocycles. The summed E-state index contributed by atoms with van der Waals surface area (Å²) in [7, 11) is 4.00. The first-order chi connectivity index (χ1) is 14.0. The van der Waals surface area contributed by atoms with Crippen molar-refractivity contribution in [1.82, 2.24) is 9.80 Å². The minimum Gasteiger partial charge on any atom is -0.464 e. The SMILES string of the molecule is CN(C)Cc1cc2c(o1)CCN(C(=O)c1ccccc1C(=O)c1ccccc1)C2. The molecule has 0 atom stereocenters. The number of benzene rings is 2. The molecule has 1 aliphatic rings. The van der Waals surface area contributed by atoms with Crippen molar-refractivity contribution in [3.8, 4) is 0 Å². The van der Waals surface area contributed by atoms with E-state index in [4.69, 9.17) is 4.42 Å². The van der Waals surface area contributed by atoms with Crippen LogP contribution in [0.25, 0.3) is 0 Å². The van der Waals surface area contributed by atoms with Crippen LogP contribution in [0.2, 0.25) is 0 Å². The Balaban J connectivity index is 1.58. The number of rotatable bonds is 5. The van der Waals surface area contributed by atoms with Crippen LogP contribution < -0.4 is 0 Å². The Kier molecular flexibility index (Phi) is 5.32. The second-order valence-corrected chi connectivity index (χ2v) is 7.62. The Labute approximate surface area is 170 Å². The number of carbonyl (C=O) groups is 2. The maximum Gasteiger partial charge on any atom is 0.254 e. The molecule has 4 rings (SSSR count). The molecule has 0 N–H and O–H groups in total. The van der Waals surface area contributed by atoms with Crippen molar-refractivity contribution in [3.05, 3.63) is 94.4 Å². The van der Waals surface area contributed by atoms with Crippen molar-refractivity contribution >= 4 is 11.7 Å². The molecule has 148 valence electrons. The third-order valence-electron chi connectivity index (χ3n) is 5.12. The topological polar surface area (TPSA) is 53.8 Å². The van der Waals surface area contributed by atoms with Crippen molar-refractivity contribution in [3.63, 3.8) is 0 Å². The lowest BCUT2D eigenvalue weighted by Gasteiger charge is -2.27. The lowest BCUT2D eigenvalue weighted by Crippen LogP contribution is -2.36. The van der Waals surface area contributed by atoms with E-state index in [1.54, 1.807) is 41.3 Å². The van der Waals surface area contributed by atoms with Gasteiger partial charge in [0.05, 0.1) is 12.1 Å². The molecule has 2 heterocycles. The van der Waals surface area contributed by atoms with Crippen LogP contribution in [-0.2, 0) is 19.5 Å². The average Bonchev–Trinajstić information content (AvgIpc) is 3.14. The third kappa shape index (κ3) is 4.00. The van der Waals surface area contributed by atoms with Crippen LogP contribution in [0.15, 0.2) is 65.1 Å². The summed E-state index contributed by atoms with van der Waals surface area (Å²) in [5, 5.41) is 0. The van der Waals surface area contributed by atoms with E-state index in [1.807, 2.05) is 38.4 Å². The van der Waals surface area contributed by atoms with Gasteiger partial charge in [0.2, 0.25) is 0 Å². The van der Waals surface area contributed by atoms with E-state index >= 15 is 0 Å². The number of furan rings is 1. The molecule has 0 aliphatic carbocycles. The van der Waals surface area contributed by atoms with Crippen molar-refractivity contribution in [2.75, 3.05) is 20.6 Å². The van der Waals surface area contributed by atoms with E-state index in [1.165, 1.54) is 0 Å². The van der Waals surface area contributed by atoms with E-state index in [0.717, 1.165) is 23.6 Å². The van der Waals surface area contributed by atoms with Gasteiger partial charge in [0.15, 0.2) is 5.78 Å². The van der Waals surface area contributed by atoms with Crippen LogP contribution in [-0.4, -0.2) is 42.1 Å². The Bertz CT molecular complexity index is 1040. The fourth-order valence-corrected chi connectivity index (χ4v) is 3.74. The van der Waals surface area contributed by atoms with Gasteiger partial charge in [-0.25, -0.2) is 0 Å². The molecule has 3 aromatic rings. The second-order valence-electron chi connectivity index (χ2n) is 7.62. The van der Waals surface area contributed by atoms with E-state index in [2.05, 4.69) is 4.90 Å². The van der Waals surface area contributed by atoms with Crippen LogP contribution in [0.3, 0.4) is 0 Å². The first kappa shape index (κ1) is 19.2. The molecule has 0 spiro atoms. The molecule has 5 heteroatoms. The summed E-state index contributed by atoms with van der Waals surface area (Å²) in [6.07, 6.45) is 0.684. The van der Waals surface area contributed by atoms with Crippen LogP contribution >= 0.6 is 0 Å². The highest BCUT2D eigenvalue weighted by Crippen LogP contribution is 2.26. The van der Waals surface area contributed by atoms with E-state index in [9.17, 15) is 9.59 Å². The summed E-state index contributed by atoms with van der Waals surface area (Å²) in [6.45, 7) is 1.81. The summed E-state index contributed by atoms with van der Waals surface area (Å²) in [5.41, 5.74) is 2.52. The molecule has 1 aliphatic heterocycles. The highest BCUT2D eigenvalue weighted by Gasteiger charge is 2.27. The first-order valence-electron chi connectivity index (χ1n) is 9.76. The lowest BCUT2D eigenvalue weighted by atomic mass is 9.97. The highest BCUT2D eigenvalue weighted by atomic mass is 16.3. The maximum atomic E-state index is 13.3. The monoisotopic (exact) mass is 388 g/mol. The number of ketones is 1. The van der Waals surface area contributed by atoms with Crippen LogP contribution in [0.4, 0.5) is 0 Å². The predicted molar refractivity (Wildman–Crippen MR) is 111 cm³/mol. The zero-order valence-electron chi connectivity index (χ0n) is 16.7. The fourth-order valence-electron chi connectivity index (χ4n) is 3.74. The van der Waals surface area contributed by atoms with Crippen LogP contribution in [0.1, 0.15) is 43.4 Å². The van der Waals surface area contributed by atoms with Crippen molar-refractivity contribution in [2.45, 2.75) is 19.5 Å². The quantitative estimate of drug-likeness (QED) is 0.625. The van der Waals surface area contributed by atoms with E-state index in [0.29, 0.717) is 36.2 Å². The largest absolute Gasteiger partial charge is 0.464 e. The molecular weight excluding hydrogens is 364 g/mol. The summed E-state index contributed by atoms with van der Waals surface area (Å²) in [6, 6.07) is 18.2. The summed E-state index contributed by atoms with van der Waals surface area (Å²) in [5.74, 6) is 1.61. The smallest absolute Gasteiger partial charge is 0.254 e. The molecule has 0 saturated carbocycles. The van der Waals surface area contributed by atoms with Crippen molar-refractivity contribution < 1.29 is 14.0 Å². The van der Waals surface area contributed by atoms with Crippen LogP contribution in [0.5, 0.6) is 0 Å². The van der Waals surface area contributed by atoms with Gasteiger partial charge < -0.3 is 14.2 Å². The Morgan fingerprint density at radius 2 is 1.69 bits per heavy atom. The molecule has 0 radical (unpaired) electrons. The molecule has 0 bridgehead atoms. The third-order valence-corrected chi connectivity index (χ3v) is 5.12. The molecule has 0 unspecified atom stereocenters. The lowest BCUT2D eigenvalue weighted by molar-refractivity contribution is 0.0725. The molecule has 5 nitrogen and oxygen atoms in total. The highest BCUT2D eigenvalue weighted by molar-refractivity contribution is 6.15. The number of carbonyl (C=O) groups excluding carboxylic acids is 2. The summed E-state index contributed by atoms with van der Waals surface area (Å²) in [4.78, 5) is 30.1. The predicted octanol–water partition coefficient (Wildman–Crippen LogP) is 3.77. The number of amides is 1. The standard InChI is InChI=1S/C24H24N2O3/c1-25(2)16-19-14-18-15-26(13-12-22(18)29-19)24(28)21-11-7-6-10-20(21)23(27)17-8-4-3-5-9-17/h3-11,14H,12-13,15-16H2,1-2H3. The van der Waals surface area contributed by atoms with Gasteiger partial charge in [0.25, 0.3) is 5.91 Å². The first-order valence-corrected chi connectivity index (χ1v) is 9.76. The van der Waals surface area contributed by atoms with Gasteiger partial charge in [-0.1, -0.05) is 48.5 Å². The van der Waals surface area contributed by atoms with Gasteiger partial charge in [0.1, 0.15) is 11.5 Å².